The Kier molecular flexibility index (Phi) is 6.23. The van der Waals surface area contributed by atoms with Gasteiger partial charge < -0.3 is 9.47 Å². The Balaban J connectivity index is 1.64. The van der Waals surface area contributed by atoms with E-state index in [1.165, 1.54) is 0 Å². The van der Waals surface area contributed by atoms with Crippen molar-refractivity contribution in [2.45, 2.75) is 44.8 Å². The van der Waals surface area contributed by atoms with Crippen molar-refractivity contribution < 1.29 is 23.9 Å². The van der Waals surface area contributed by atoms with Crippen LogP contribution in [-0.4, -0.2) is 41.4 Å². The molecule has 0 N–H and O–H groups in total. The molecular weight excluding hydrogens is 490 g/mol. The van der Waals surface area contributed by atoms with Gasteiger partial charge in [-0.2, -0.15) is 0 Å². The predicted octanol–water partition coefficient (Wildman–Crippen LogP) is 5.54. The van der Waals surface area contributed by atoms with Crippen molar-refractivity contribution in [3.63, 3.8) is 0 Å². The van der Waals surface area contributed by atoms with E-state index in [9.17, 15) is 14.4 Å². The summed E-state index contributed by atoms with van der Waals surface area (Å²) in [5.41, 5.74) is 2.62. The van der Waals surface area contributed by atoms with Crippen molar-refractivity contribution in [2.75, 3.05) is 13.2 Å². The van der Waals surface area contributed by atoms with Crippen LogP contribution in [0.3, 0.4) is 0 Å². The minimum Gasteiger partial charge on any atom is -0.465 e. The molecule has 2 aliphatic heterocycles. The number of hydrogen-bond donors (Lipinski definition) is 0. The number of Topliss-reactive ketones (excluding diaryl/α,β-unsaturated/α-hetero) is 1. The number of fused-ring (bicyclic) bond motifs is 3. The highest BCUT2D eigenvalue weighted by molar-refractivity contribution is 6.15. The third kappa shape index (κ3) is 3.62. The number of esters is 2. The molecule has 3 aromatic carbocycles. The van der Waals surface area contributed by atoms with Crippen molar-refractivity contribution in [1.82, 2.24) is 4.90 Å². The second kappa shape index (κ2) is 9.62. The molecular formula is C33H31NO5. The van der Waals surface area contributed by atoms with E-state index in [0.717, 1.165) is 27.8 Å². The fourth-order valence-electron chi connectivity index (χ4n) is 6.89. The average molecular weight is 522 g/mol. The van der Waals surface area contributed by atoms with E-state index in [0.29, 0.717) is 12.1 Å². The Hall–Kier alpha value is -4.03. The van der Waals surface area contributed by atoms with Gasteiger partial charge in [0.2, 0.25) is 0 Å². The summed E-state index contributed by atoms with van der Waals surface area (Å²) >= 11 is 0. The minimum absolute atomic E-state index is 0.0141. The molecule has 2 heterocycles. The fourth-order valence-corrected chi connectivity index (χ4v) is 6.89. The molecule has 0 radical (unpaired) electrons. The van der Waals surface area contributed by atoms with E-state index >= 15 is 0 Å². The maximum Gasteiger partial charge on any atom is 0.323 e. The number of carbonyl (C=O) groups is 3. The Morgan fingerprint density at radius 2 is 1.44 bits per heavy atom. The van der Waals surface area contributed by atoms with Crippen molar-refractivity contribution in [1.29, 1.82) is 0 Å². The highest BCUT2D eigenvalue weighted by Gasteiger charge is 2.71. The largest absolute Gasteiger partial charge is 0.465 e. The minimum atomic E-state index is -1.61. The van der Waals surface area contributed by atoms with E-state index in [1.54, 1.807) is 13.8 Å². The van der Waals surface area contributed by atoms with Crippen molar-refractivity contribution in [2.24, 2.45) is 5.41 Å². The van der Waals surface area contributed by atoms with Crippen molar-refractivity contribution >= 4 is 23.3 Å². The molecule has 2 atom stereocenters. The standard InChI is InChI=1S/C33H31NO5/c1-3-38-30(36)32(31(37)39-4-2)19-26-27(23-15-9-6-10-16-23)28-24-17-11-12-18-25(24)29(35)33(26,21-32)34(28)20-22-13-7-5-8-14-22/h5-18,28H,3-4,19-21H2,1-2H3/t28-,33-/m1/s1. The highest BCUT2D eigenvalue weighted by atomic mass is 16.6. The topological polar surface area (TPSA) is 72.9 Å². The number of ketones is 1. The lowest BCUT2D eigenvalue weighted by atomic mass is 9.75. The molecule has 1 saturated carbocycles. The zero-order valence-electron chi connectivity index (χ0n) is 22.2. The number of benzene rings is 3. The van der Waals surface area contributed by atoms with Gasteiger partial charge in [-0.3, -0.25) is 19.3 Å². The SMILES string of the molecule is CCOC(=O)C1(C(=O)OCC)CC2=C(c3ccccc3)[C@H]3c4ccccc4C(=O)[C@]2(C1)N3Cc1ccccc1. The van der Waals surface area contributed by atoms with E-state index in [1.807, 2.05) is 84.9 Å². The monoisotopic (exact) mass is 521 g/mol. The van der Waals surface area contributed by atoms with Gasteiger partial charge in [-0.05, 0) is 48.1 Å². The van der Waals surface area contributed by atoms with Gasteiger partial charge in [0.05, 0.1) is 19.3 Å². The van der Waals surface area contributed by atoms with Crippen LogP contribution in [0.15, 0.2) is 90.5 Å². The first-order valence-corrected chi connectivity index (χ1v) is 13.6. The van der Waals surface area contributed by atoms with Crippen molar-refractivity contribution in [3.8, 4) is 0 Å². The van der Waals surface area contributed by atoms with E-state index in [2.05, 4.69) is 4.90 Å². The molecule has 2 bridgehead atoms. The van der Waals surface area contributed by atoms with Gasteiger partial charge in [0.1, 0.15) is 5.54 Å². The molecule has 198 valence electrons. The molecule has 39 heavy (non-hydrogen) atoms. The molecule has 3 aromatic rings. The maximum atomic E-state index is 14.7. The van der Waals surface area contributed by atoms with Crippen LogP contribution in [0.25, 0.3) is 5.57 Å². The normalized spacial score (nSPS) is 22.8. The molecule has 1 spiro atoms. The molecule has 6 nitrogen and oxygen atoms in total. The summed E-state index contributed by atoms with van der Waals surface area (Å²) in [6.45, 7) is 4.18. The summed E-state index contributed by atoms with van der Waals surface area (Å²) in [6, 6.07) is 27.5. The first-order chi connectivity index (χ1) is 19.0. The van der Waals surface area contributed by atoms with Gasteiger partial charge >= 0.3 is 11.9 Å². The van der Waals surface area contributed by atoms with Gasteiger partial charge in [-0.25, -0.2) is 0 Å². The highest BCUT2D eigenvalue weighted by Crippen LogP contribution is 2.66. The van der Waals surface area contributed by atoms with Crippen LogP contribution in [0.5, 0.6) is 0 Å². The number of carbonyl (C=O) groups excluding carboxylic acids is 3. The molecule has 0 amide bonds. The van der Waals surface area contributed by atoms with E-state index < -0.39 is 22.9 Å². The van der Waals surface area contributed by atoms with E-state index in [-0.39, 0.29) is 37.9 Å². The lowest BCUT2D eigenvalue weighted by molar-refractivity contribution is -0.172. The lowest BCUT2D eigenvalue weighted by Gasteiger charge is -2.45. The third-order valence-electron chi connectivity index (χ3n) is 8.42. The lowest BCUT2D eigenvalue weighted by Crippen LogP contribution is -2.56. The summed E-state index contributed by atoms with van der Waals surface area (Å²) in [5.74, 6) is -1.34. The zero-order chi connectivity index (χ0) is 27.2. The summed E-state index contributed by atoms with van der Waals surface area (Å²) in [7, 11) is 0. The Bertz CT molecular complexity index is 1460. The van der Waals surface area contributed by atoms with Gasteiger partial charge in [0.15, 0.2) is 11.2 Å². The first-order valence-electron chi connectivity index (χ1n) is 13.6. The molecule has 0 unspecified atom stereocenters. The summed E-state index contributed by atoms with van der Waals surface area (Å²) in [5, 5.41) is 0. The second-order valence-electron chi connectivity index (χ2n) is 10.4. The molecule has 0 aromatic heterocycles. The van der Waals surface area contributed by atoms with Crippen LogP contribution in [-0.2, 0) is 25.6 Å². The quantitative estimate of drug-likeness (QED) is 0.300. The number of ether oxygens (including phenoxy) is 2. The Morgan fingerprint density at radius 3 is 2.08 bits per heavy atom. The molecule has 1 fully saturated rings. The summed E-state index contributed by atoms with van der Waals surface area (Å²) in [4.78, 5) is 44.3. The number of rotatable bonds is 7. The fraction of sp³-hybridized carbons (Fsp3) is 0.303. The molecule has 6 heteroatoms. The van der Waals surface area contributed by atoms with Crippen LogP contribution >= 0.6 is 0 Å². The predicted molar refractivity (Wildman–Crippen MR) is 147 cm³/mol. The number of nitrogens with zero attached hydrogens (tertiary/aromatic N) is 1. The smallest absolute Gasteiger partial charge is 0.323 e. The zero-order valence-corrected chi connectivity index (χ0v) is 22.2. The molecule has 6 rings (SSSR count). The van der Waals surface area contributed by atoms with E-state index in [4.69, 9.17) is 9.47 Å². The van der Waals surface area contributed by atoms with Crippen molar-refractivity contribution in [3.05, 3.63) is 113 Å². The second-order valence-corrected chi connectivity index (χ2v) is 10.4. The van der Waals surface area contributed by atoms with Crippen LogP contribution in [0.4, 0.5) is 0 Å². The van der Waals surface area contributed by atoms with Gasteiger partial charge in [0.25, 0.3) is 0 Å². The Morgan fingerprint density at radius 1 is 0.846 bits per heavy atom. The molecule has 1 aliphatic carbocycles. The maximum absolute atomic E-state index is 14.7. The third-order valence-corrected chi connectivity index (χ3v) is 8.42. The molecule has 3 aliphatic rings. The van der Waals surface area contributed by atoms with Gasteiger partial charge in [0, 0.05) is 18.5 Å². The molecule has 0 saturated heterocycles. The van der Waals surface area contributed by atoms with Gasteiger partial charge in [-0.1, -0.05) is 84.9 Å². The average Bonchev–Trinajstić information content (AvgIpc) is 3.42. The number of hydrogen-bond acceptors (Lipinski definition) is 6. The van der Waals surface area contributed by atoms with Crippen LogP contribution in [0.2, 0.25) is 0 Å². The summed E-state index contributed by atoms with van der Waals surface area (Å²) < 4.78 is 11.0. The van der Waals surface area contributed by atoms with Gasteiger partial charge in [-0.15, -0.1) is 0 Å². The Labute approximate surface area is 228 Å². The summed E-state index contributed by atoms with van der Waals surface area (Å²) in [6.07, 6.45) is 0.0657. The van der Waals surface area contributed by atoms with Crippen LogP contribution < -0.4 is 0 Å². The van der Waals surface area contributed by atoms with Crippen LogP contribution in [0.1, 0.15) is 59.8 Å². The first kappa shape index (κ1) is 25.3. The van der Waals surface area contributed by atoms with Crippen LogP contribution in [0, 0.1) is 5.41 Å².